The van der Waals surface area contributed by atoms with E-state index in [9.17, 15) is 23.6 Å². The minimum Gasteiger partial charge on any atom is -0.481 e. The molecule has 6 nitrogen and oxygen atoms in total. The highest BCUT2D eigenvalue weighted by Crippen LogP contribution is 2.39. The molecule has 2 aromatic rings. The number of Topliss-reactive ketones (excluding diaryl/α,β-unsaturated/α-hetero) is 2. The van der Waals surface area contributed by atoms with Crippen molar-refractivity contribution in [3.63, 3.8) is 0 Å². The van der Waals surface area contributed by atoms with Gasteiger partial charge in [0.1, 0.15) is 11.7 Å². The lowest BCUT2D eigenvalue weighted by Crippen LogP contribution is -2.32. The van der Waals surface area contributed by atoms with Gasteiger partial charge in [-0.3, -0.25) is 19.2 Å². The van der Waals surface area contributed by atoms with Crippen LogP contribution in [-0.4, -0.2) is 40.0 Å². The maximum atomic E-state index is 14.6. The number of hydrogen-bond donors (Lipinski definition) is 1. The number of amides is 1. The molecule has 1 heterocycles. The minimum atomic E-state index is -1.38. The van der Waals surface area contributed by atoms with Gasteiger partial charge < -0.3 is 10.0 Å². The number of halogens is 1. The van der Waals surface area contributed by atoms with Crippen LogP contribution in [0.1, 0.15) is 40.4 Å². The van der Waals surface area contributed by atoms with Crippen LogP contribution < -0.4 is 0 Å². The number of carbonyl (C=O) groups excluding carboxylic acids is 3. The van der Waals surface area contributed by atoms with Crippen LogP contribution >= 0.6 is 0 Å². The van der Waals surface area contributed by atoms with E-state index in [2.05, 4.69) is 0 Å². The van der Waals surface area contributed by atoms with Gasteiger partial charge in [0, 0.05) is 24.1 Å². The van der Waals surface area contributed by atoms with Gasteiger partial charge in [-0.1, -0.05) is 48.0 Å². The van der Waals surface area contributed by atoms with E-state index in [1.807, 2.05) is 6.92 Å². The van der Waals surface area contributed by atoms with Gasteiger partial charge in [-0.15, -0.1) is 0 Å². The molecule has 3 rings (SSSR count). The second-order valence-electron chi connectivity index (χ2n) is 7.03. The standard InChI is InChI=1S/C22H20FNO5/c1-13-8-10-14(11-9-13)20(27)18-19(15-5-2-3-6-16(15)23)24(22(29)21(18)28)12-4-7-17(25)26/h2-3,5-6,8-11,18-19H,4,7,12H2,1H3,(H,25,26). The predicted octanol–water partition coefficient (Wildman–Crippen LogP) is 2.95. The number of hydrogen-bond acceptors (Lipinski definition) is 4. The largest absolute Gasteiger partial charge is 0.481 e. The first kappa shape index (κ1) is 20.4. The van der Waals surface area contributed by atoms with E-state index in [-0.39, 0.29) is 30.5 Å². The summed E-state index contributed by atoms with van der Waals surface area (Å²) in [5.41, 5.74) is 1.25. The zero-order valence-electron chi connectivity index (χ0n) is 15.8. The molecular weight excluding hydrogens is 377 g/mol. The first-order valence-corrected chi connectivity index (χ1v) is 9.23. The van der Waals surface area contributed by atoms with Gasteiger partial charge >= 0.3 is 5.97 Å². The molecule has 0 spiro atoms. The molecule has 1 fully saturated rings. The highest BCUT2D eigenvalue weighted by Gasteiger charge is 2.52. The number of ketones is 2. The van der Waals surface area contributed by atoms with Crippen LogP contribution in [0.15, 0.2) is 48.5 Å². The van der Waals surface area contributed by atoms with E-state index < -0.39 is 41.2 Å². The molecular formula is C22H20FNO5. The molecule has 0 bridgehead atoms. The third-order valence-electron chi connectivity index (χ3n) is 5.04. The first-order valence-electron chi connectivity index (χ1n) is 9.23. The Labute approximate surface area is 166 Å². The van der Waals surface area contributed by atoms with Crippen molar-refractivity contribution in [2.45, 2.75) is 25.8 Å². The molecule has 0 saturated carbocycles. The number of likely N-dealkylation sites (tertiary alicyclic amines) is 1. The zero-order valence-corrected chi connectivity index (χ0v) is 15.8. The molecule has 1 aliphatic rings. The van der Waals surface area contributed by atoms with Gasteiger partial charge in [0.05, 0.1) is 6.04 Å². The van der Waals surface area contributed by atoms with Crippen LogP contribution in [-0.2, 0) is 14.4 Å². The fourth-order valence-corrected chi connectivity index (χ4v) is 3.59. The van der Waals surface area contributed by atoms with Gasteiger partial charge in [0.25, 0.3) is 5.91 Å². The van der Waals surface area contributed by atoms with E-state index in [4.69, 9.17) is 5.11 Å². The van der Waals surface area contributed by atoms with E-state index in [0.717, 1.165) is 10.5 Å². The van der Waals surface area contributed by atoms with E-state index >= 15 is 0 Å². The summed E-state index contributed by atoms with van der Waals surface area (Å²) in [4.78, 5) is 50.4. The highest BCUT2D eigenvalue weighted by atomic mass is 19.1. The Hall–Kier alpha value is -3.35. The predicted molar refractivity (Wildman–Crippen MR) is 102 cm³/mol. The summed E-state index contributed by atoms with van der Waals surface area (Å²) in [5, 5.41) is 8.86. The van der Waals surface area contributed by atoms with Crippen molar-refractivity contribution >= 4 is 23.4 Å². The van der Waals surface area contributed by atoms with Gasteiger partial charge in [-0.25, -0.2) is 4.39 Å². The normalized spacial score (nSPS) is 18.9. The monoisotopic (exact) mass is 397 g/mol. The number of carbonyl (C=O) groups is 4. The summed E-state index contributed by atoms with van der Waals surface area (Å²) >= 11 is 0. The third kappa shape index (κ3) is 4.08. The second kappa shape index (κ2) is 8.34. The van der Waals surface area contributed by atoms with Crippen molar-refractivity contribution in [2.24, 2.45) is 5.92 Å². The Balaban J connectivity index is 2.02. The summed E-state index contributed by atoms with van der Waals surface area (Å²) in [5.74, 6) is -5.42. The number of carboxylic acids is 1. The summed E-state index contributed by atoms with van der Waals surface area (Å²) < 4.78 is 14.6. The van der Waals surface area contributed by atoms with Gasteiger partial charge in [0.2, 0.25) is 5.78 Å². The van der Waals surface area contributed by atoms with Crippen LogP contribution in [0.3, 0.4) is 0 Å². The van der Waals surface area contributed by atoms with Crippen molar-refractivity contribution in [1.29, 1.82) is 0 Å². The molecule has 0 radical (unpaired) electrons. The third-order valence-corrected chi connectivity index (χ3v) is 5.04. The van der Waals surface area contributed by atoms with Crippen LogP contribution in [0.5, 0.6) is 0 Å². The fourth-order valence-electron chi connectivity index (χ4n) is 3.59. The number of carboxylic acid groups (broad SMARTS) is 1. The smallest absolute Gasteiger partial charge is 0.303 e. The molecule has 0 aliphatic carbocycles. The highest BCUT2D eigenvalue weighted by molar-refractivity contribution is 6.44. The van der Waals surface area contributed by atoms with Crippen LogP contribution in [0.4, 0.5) is 4.39 Å². The van der Waals surface area contributed by atoms with Crippen LogP contribution in [0.25, 0.3) is 0 Å². The molecule has 7 heteroatoms. The topological polar surface area (TPSA) is 91.8 Å². The summed E-state index contributed by atoms with van der Waals surface area (Å²) in [6.45, 7) is 1.79. The molecule has 1 N–H and O–H groups in total. The van der Waals surface area contributed by atoms with E-state index in [1.54, 1.807) is 30.3 Å². The van der Waals surface area contributed by atoms with Crippen molar-refractivity contribution in [2.75, 3.05) is 6.54 Å². The van der Waals surface area contributed by atoms with Gasteiger partial charge in [-0.2, -0.15) is 0 Å². The number of aryl methyl sites for hydroxylation is 1. The molecule has 2 atom stereocenters. The fraction of sp³-hybridized carbons (Fsp3) is 0.273. The second-order valence-corrected chi connectivity index (χ2v) is 7.03. The Morgan fingerprint density at radius 2 is 1.72 bits per heavy atom. The SMILES string of the molecule is Cc1ccc(C(=O)C2C(=O)C(=O)N(CCCC(=O)O)C2c2ccccc2F)cc1. The van der Waals surface area contributed by atoms with E-state index in [1.165, 1.54) is 18.2 Å². The van der Waals surface area contributed by atoms with Crippen molar-refractivity contribution in [3.05, 3.63) is 71.0 Å². The molecule has 2 unspecified atom stereocenters. The molecule has 2 aromatic carbocycles. The quantitative estimate of drug-likeness (QED) is 0.441. The maximum Gasteiger partial charge on any atom is 0.303 e. The average Bonchev–Trinajstić information content (AvgIpc) is 2.93. The molecule has 1 amide bonds. The number of rotatable bonds is 7. The number of aliphatic carboxylic acids is 1. The summed E-state index contributed by atoms with van der Waals surface area (Å²) in [6, 6.07) is 11.1. The van der Waals surface area contributed by atoms with E-state index in [0.29, 0.717) is 0 Å². The molecule has 150 valence electrons. The van der Waals surface area contributed by atoms with Crippen LogP contribution in [0.2, 0.25) is 0 Å². The minimum absolute atomic E-state index is 0.0620. The lowest BCUT2D eigenvalue weighted by molar-refractivity contribution is -0.141. The van der Waals surface area contributed by atoms with Crippen molar-refractivity contribution < 1.29 is 28.7 Å². The lowest BCUT2D eigenvalue weighted by atomic mass is 9.86. The molecule has 1 saturated heterocycles. The maximum absolute atomic E-state index is 14.6. The number of benzene rings is 2. The molecule has 0 aromatic heterocycles. The Bertz CT molecular complexity index is 969. The zero-order chi connectivity index (χ0) is 21.1. The van der Waals surface area contributed by atoms with Crippen LogP contribution in [0, 0.1) is 18.7 Å². The van der Waals surface area contributed by atoms with Gasteiger partial charge in [0.15, 0.2) is 5.78 Å². The summed E-state index contributed by atoms with van der Waals surface area (Å²) in [6.07, 6.45) is -0.122. The number of nitrogens with zero attached hydrogens (tertiary/aromatic N) is 1. The molecule has 29 heavy (non-hydrogen) atoms. The Morgan fingerprint density at radius 3 is 2.34 bits per heavy atom. The lowest BCUT2D eigenvalue weighted by Gasteiger charge is -2.27. The van der Waals surface area contributed by atoms with Crippen molar-refractivity contribution in [3.8, 4) is 0 Å². The van der Waals surface area contributed by atoms with Gasteiger partial charge in [-0.05, 0) is 19.4 Å². The average molecular weight is 397 g/mol. The van der Waals surface area contributed by atoms with Crippen molar-refractivity contribution in [1.82, 2.24) is 4.90 Å². The Kier molecular flexibility index (Phi) is 5.87. The first-order chi connectivity index (χ1) is 13.8. The summed E-state index contributed by atoms with van der Waals surface area (Å²) in [7, 11) is 0. The Morgan fingerprint density at radius 1 is 1.07 bits per heavy atom. The molecule has 1 aliphatic heterocycles.